The predicted molar refractivity (Wildman–Crippen MR) is 79.8 cm³/mol. The summed E-state index contributed by atoms with van der Waals surface area (Å²) in [5, 5.41) is 9.97. The van der Waals surface area contributed by atoms with Gasteiger partial charge in [-0.25, -0.2) is 0 Å². The van der Waals surface area contributed by atoms with Gasteiger partial charge in [0.15, 0.2) is 11.5 Å². The molecule has 3 atom stereocenters. The van der Waals surface area contributed by atoms with Crippen LogP contribution < -0.4 is 26.5 Å². The summed E-state index contributed by atoms with van der Waals surface area (Å²) >= 11 is 0. The van der Waals surface area contributed by atoms with Gasteiger partial charge in [0.2, 0.25) is 0 Å². The molecule has 22 heavy (non-hydrogen) atoms. The van der Waals surface area contributed by atoms with Crippen molar-refractivity contribution in [2.75, 3.05) is 20.7 Å². The molecule has 4 rings (SSSR count). The van der Waals surface area contributed by atoms with E-state index in [1.807, 2.05) is 12.1 Å². The normalized spacial score (nSPS) is 32.3. The molecule has 0 saturated heterocycles. The van der Waals surface area contributed by atoms with Crippen LogP contribution in [0.5, 0.6) is 11.5 Å². The Morgan fingerprint density at radius 3 is 3.00 bits per heavy atom. The van der Waals surface area contributed by atoms with Crippen LogP contribution in [0.15, 0.2) is 24.3 Å². The molecule has 0 aromatic heterocycles. The van der Waals surface area contributed by atoms with Gasteiger partial charge in [0.25, 0.3) is 0 Å². The van der Waals surface area contributed by atoms with Gasteiger partial charge in [-0.2, -0.15) is 0 Å². The van der Waals surface area contributed by atoms with Crippen LogP contribution >= 0.6 is 0 Å². The second-order valence-corrected chi connectivity index (χ2v) is 6.43. The highest BCUT2D eigenvalue weighted by atomic mass is 79.9. The van der Waals surface area contributed by atoms with E-state index in [0.717, 1.165) is 31.0 Å². The van der Waals surface area contributed by atoms with Crippen molar-refractivity contribution in [2.45, 2.75) is 37.0 Å². The van der Waals surface area contributed by atoms with Gasteiger partial charge < -0.3 is 36.5 Å². The van der Waals surface area contributed by atoms with Gasteiger partial charge in [0, 0.05) is 18.5 Å². The molecule has 1 aromatic rings. The number of ether oxygens (including phenoxy) is 2. The molecule has 0 unspecified atom stereocenters. The van der Waals surface area contributed by atoms with E-state index in [2.05, 4.69) is 24.1 Å². The summed E-state index contributed by atoms with van der Waals surface area (Å²) in [6.45, 7) is 1.96. The third-order valence-corrected chi connectivity index (χ3v) is 5.15. The van der Waals surface area contributed by atoms with Gasteiger partial charge in [0.05, 0.1) is 18.6 Å². The largest absolute Gasteiger partial charge is 1.00 e. The molecule has 1 aliphatic carbocycles. The van der Waals surface area contributed by atoms with Crippen LogP contribution in [-0.4, -0.2) is 42.9 Å². The monoisotopic (exact) mass is 366 g/mol. The van der Waals surface area contributed by atoms with Crippen LogP contribution in [0.1, 0.15) is 24.0 Å². The molecule has 4 nitrogen and oxygen atoms in total. The third-order valence-electron chi connectivity index (χ3n) is 5.15. The first-order valence-electron chi connectivity index (χ1n) is 7.57. The summed E-state index contributed by atoms with van der Waals surface area (Å²) in [6, 6.07) is 4.16. The van der Waals surface area contributed by atoms with E-state index in [0.29, 0.717) is 6.42 Å². The molecule has 5 heteroatoms. The number of methoxy groups -OCH3 is 1. The minimum absolute atomic E-state index is 0. The molecule has 1 spiro atoms. The average Bonchev–Trinajstić information content (AvgIpc) is 2.72. The number of aliphatic hydroxyl groups excluding tert-OH is 1. The van der Waals surface area contributed by atoms with Crippen LogP contribution in [0, 0.1) is 0 Å². The highest BCUT2D eigenvalue weighted by Gasteiger charge is 2.52. The Bertz CT molecular complexity index is 618. The topological polar surface area (TPSA) is 41.9 Å². The fourth-order valence-electron chi connectivity index (χ4n) is 4.08. The van der Waals surface area contributed by atoms with Crippen LogP contribution in [0.4, 0.5) is 0 Å². The fourth-order valence-corrected chi connectivity index (χ4v) is 4.08. The highest BCUT2D eigenvalue weighted by molar-refractivity contribution is 5.60. The molecule has 0 saturated carbocycles. The number of nitrogens with zero attached hydrogens (tertiary/aromatic N) is 1. The number of halogens is 1. The van der Waals surface area contributed by atoms with Gasteiger partial charge >= 0.3 is 0 Å². The molecular weight excluding hydrogens is 346 g/mol. The lowest BCUT2D eigenvalue weighted by atomic mass is 9.69. The van der Waals surface area contributed by atoms with E-state index in [1.165, 1.54) is 11.1 Å². The molecule has 0 fully saturated rings. The summed E-state index contributed by atoms with van der Waals surface area (Å²) in [7, 11) is 3.84. The summed E-state index contributed by atoms with van der Waals surface area (Å²) in [6.07, 6.45) is 5.38. The lowest BCUT2D eigenvalue weighted by Gasteiger charge is -2.35. The molecule has 3 aliphatic rings. The standard InChI is InChI=1S/C17H21NO3.BrH/c1-18-8-7-17-6-5-12(19)9-14(17)21-16-13(20-2)4-3-11(10-18)15(16)17;/h3-6,12,14,19H,7-10H2,1-2H3;1H/p-1/t12-,14-,17-;/m0./s1. The third kappa shape index (κ3) is 2.10. The summed E-state index contributed by atoms with van der Waals surface area (Å²) < 4.78 is 11.8. The van der Waals surface area contributed by atoms with E-state index in [4.69, 9.17) is 9.47 Å². The van der Waals surface area contributed by atoms with Gasteiger partial charge in [-0.05, 0) is 31.6 Å². The Morgan fingerprint density at radius 2 is 2.23 bits per heavy atom. The minimum Gasteiger partial charge on any atom is -1.00 e. The van der Waals surface area contributed by atoms with Crippen molar-refractivity contribution in [2.24, 2.45) is 0 Å². The maximum absolute atomic E-state index is 9.97. The van der Waals surface area contributed by atoms with Gasteiger partial charge in [-0.3, -0.25) is 0 Å². The molecule has 2 heterocycles. The predicted octanol–water partition coefficient (Wildman–Crippen LogP) is -1.15. The zero-order valence-electron chi connectivity index (χ0n) is 12.9. The number of aliphatic hydroxyl groups is 1. The average molecular weight is 367 g/mol. The van der Waals surface area contributed by atoms with E-state index < -0.39 is 6.10 Å². The van der Waals surface area contributed by atoms with Crippen LogP contribution in [-0.2, 0) is 12.0 Å². The Hall–Kier alpha value is -1.04. The van der Waals surface area contributed by atoms with Crippen LogP contribution in [0.3, 0.4) is 0 Å². The van der Waals surface area contributed by atoms with E-state index in [-0.39, 0.29) is 28.5 Å². The smallest absolute Gasteiger partial charge is 0.166 e. The zero-order chi connectivity index (χ0) is 14.6. The molecule has 1 N–H and O–H groups in total. The van der Waals surface area contributed by atoms with Crippen molar-refractivity contribution in [1.82, 2.24) is 4.90 Å². The number of rotatable bonds is 1. The number of benzene rings is 1. The van der Waals surface area contributed by atoms with Crippen molar-refractivity contribution in [3.8, 4) is 11.5 Å². The van der Waals surface area contributed by atoms with Gasteiger partial charge in [0.1, 0.15) is 6.10 Å². The Balaban J connectivity index is 0.00000144. The van der Waals surface area contributed by atoms with Crippen molar-refractivity contribution in [3.63, 3.8) is 0 Å². The summed E-state index contributed by atoms with van der Waals surface area (Å²) in [5.41, 5.74) is 2.48. The second-order valence-electron chi connectivity index (χ2n) is 6.43. The zero-order valence-corrected chi connectivity index (χ0v) is 14.5. The molecule has 0 bridgehead atoms. The minimum atomic E-state index is -0.412. The van der Waals surface area contributed by atoms with E-state index in [1.54, 1.807) is 7.11 Å². The molecular formula is C17H21BrNO3-. The summed E-state index contributed by atoms with van der Waals surface area (Å²) in [4.78, 5) is 2.35. The molecule has 0 radical (unpaired) electrons. The van der Waals surface area contributed by atoms with Crippen LogP contribution in [0.2, 0.25) is 0 Å². The second kappa shape index (κ2) is 5.55. The quantitative estimate of drug-likeness (QED) is 0.637. The first kappa shape index (κ1) is 15.8. The molecule has 1 aromatic carbocycles. The SMILES string of the molecule is COc1ccc2c3c1O[C@H]1C[C@@H](O)C=C[C@@]31CCN(C)C2.[Br-]. The van der Waals surface area contributed by atoms with Crippen molar-refractivity contribution in [1.29, 1.82) is 0 Å². The number of hydrogen-bond acceptors (Lipinski definition) is 4. The van der Waals surface area contributed by atoms with E-state index >= 15 is 0 Å². The van der Waals surface area contributed by atoms with Crippen molar-refractivity contribution in [3.05, 3.63) is 35.4 Å². The van der Waals surface area contributed by atoms with Crippen molar-refractivity contribution >= 4 is 0 Å². The van der Waals surface area contributed by atoms with Gasteiger partial charge in [-0.1, -0.05) is 18.2 Å². The highest BCUT2D eigenvalue weighted by Crippen LogP contribution is 2.55. The Kier molecular flexibility index (Phi) is 4.00. The fraction of sp³-hybridized carbons (Fsp3) is 0.529. The number of hydrogen-bond donors (Lipinski definition) is 1. The lowest BCUT2D eigenvalue weighted by Crippen LogP contribution is -3.00. The van der Waals surface area contributed by atoms with Gasteiger partial charge in [-0.15, -0.1) is 0 Å². The maximum Gasteiger partial charge on any atom is 0.166 e. The first-order valence-corrected chi connectivity index (χ1v) is 7.57. The van der Waals surface area contributed by atoms with E-state index in [9.17, 15) is 5.11 Å². The Labute approximate surface area is 141 Å². The lowest BCUT2D eigenvalue weighted by molar-refractivity contribution is -0.00000856. The van der Waals surface area contributed by atoms with Crippen molar-refractivity contribution < 1.29 is 31.6 Å². The molecule has 0 amide bonds. The maximum atomic E-state index is 9.97. The Morgan fingerprint density at radius 1 is 1.41 bits per heavy atom. The summed E-state index contributed by atoms with van der Waals surface area (Å²) in [5.74, 6) is 1.68. The molecule has 120 valence electrons. The first-order chi connectivity index (χ1) is 10.1. The van der Waals surface area contributed by atoms with Crippen LogP contribution in [0.25, 0.3) is 0 Å². The molecule has 2 aliphatic heterocycles.